The summed E-state index contributed by atoms with van der Waals surface area (Å²) in [6.07, 6.45) is -3.20. The predicted molar refractivity (Wildman–Crippen MR) is 110 cm³/mol. The van der Waals surface area contributed by atoms with E-state index in [0.717, 1.165) is 18.9 Å². The Morgan fingerprint density at radius 3 is 2.44 bits per heavy atom. The Labute approximate surface area is 181 Å². The number of amides is 1. The van der Waals surface area contributed by atoms with Gasteiger partial charge in [-0.1, -0.05) is 6.07 Å². The van der Waals surface area contributed by atoms with Crippen LogP contribution >= 0.6 is 0 Å². The maximum Gasteiger partial charge on any atom is 0.416 e. The molecule has 32 heavy (non-hydrogen) atoms. The van der Waals surface area contributed by atoms with Crippen molar-refractivity contribution in [3.8, 4) is 0 Å². The average Bonchev–Trinajstić information content (AvgIpc) is 3.27. The van der Waals surface area contributed by atoms with Gasteiger partial charge in [0.1, 0.15) is 5.69 Å². The third-order valence-electron chi connectivity index (χ3n) is 4.78. The van der Waals surface area contributed by atoms with Crippen LogP contribution in [0.2, 0.25) is 0 Å². The smallest absolute Gasteiger partial charge is 0.371 e. The molecule has 0 saturated carbocycles. The highest BCUT2D eigenvalue weighted by Crippen LogP contribution is 2.35. The monoisotopic (exact) mass is 472 g/mol. The predicted octanol–water partition coefficient (Wildman–Crippen LogP) is 3.45. The highest BCUT2D eigenvalue weighted by atomic mass is 32.2. The Balaban J connectivity index is 1.69. The number of benzene rings is 2. The molecule has 2 N–H and O–H groups in total. The van der Waals surface area contributed by atoms with Crippen molar-refractivity contribution in [3.05, 3.63) is 58.1 Å². The average molecular weight is 472 g/mol. The number of nitro groups is 1. The lowest BCUT2D eigenvalue weighted by molar-refractivity contribution is -0.384. The van der Waals surface area contributed by atoms with E-state index in [0.29, 0.717) is 25.2 Å². The summed E-state index contributed by atoms with van der Waals surface area (Å²) in [6, 6.07) is 7.57. The first-order valence-electron chi connectivity index (χ1n) is 9.48. The van der Waals surface area contributed by atoms with Crippen LogP contribution in [-0.4, -0.2) is 43.2 Å². The van der Waals surface area contributed by atoms with E-state index in [1.165, 1.54) is 28.6 Å². The molecule has 2 aromatic rings. The third kappa shape index (κ3) is 5.34. The number of rotatable bonds is 7. The molecule has 0 radical (unpaired) electrons. The van der Waals surface area contributed by atoms with E-state index in [1.54, 1.807) is 0 Å². The Hall–Kier alpha value is -3.19. The summed E-state index contributed by atoms with van der Waals surface area (Å²) >= 11 is 0. The number of halogens is 3. The van der Waals surface area contributed by atoms with E-state index in [-0.39, 0.29) is 16.3 Å². The van der Waals surface area contributed by atoms with Crippen molar-refractivity contribution >= 4 is 33.0 Å². The first kappa shape index (κ1) is 23.5. The minimum atomic E-state index is -4.75. The quantitative estimate of drug-likeness (QED) is 0.470. The van der Waals surface area contributed by atoms with Crippen molar-refractivity contribution in [2.75, 3.05) is 30.3 Å². The standard InChI is InChI=1S/C19H19F3N4O5S/c20-19(21,22)13-6-7-16(17(10-13)26(28)29)23-12-18(27)24-14-4-3-5-15(11-14)32(30,31)25-8-1-2-9-25/h3-7,10-11,23H,1-2,8-9,12H2,(H,24,27). The van der Waals surface area contributed by atoms with Crippen LogP contribution in [0.3, 0.4) is 0 Å². The molecule has 2 aromatic carbocycles. The molecule has 0 spiro atoms. The Bertz CT molecular complexity index is 1130. The van der Waals surface area contributed by atoms with Crippen LogP contribution in [-0.2, 0) is 21.0 Å². The van der Waals surface area contributed by atoms with Crippen molar-refractivity contribution in [2.45, 2.75) is 23.9 Å². The van der Waals surface area contributed by atoms with Gasteiger partial charge < -0.3 is 10.6 Å². The number of carbonyl (C=O) groups is 1. The molecule has 0 aromatic heterocycles. The molecule has 13 heteroatoms. The molecule has 3 rings (SSSR count). The fraction of sp³-hybridized carbons (Fsp3) is 0.316. The zero-order valence-electron chi connectivity index (χ0n) is 16.6. The maximum atomic E-state index is 12.8. The lowest BCUT2D eigenvalue weighted by atomic mass is 10.1. The normalized spacial score (nSPS) is 14.8. The van der Waals surface area contributed by atoms with Crippen molar-refractivity contribution in [1.29, 1.82) is 0 Å². The van der Waals surface area contributed by atoms with Crippen LogP contribution in [0.4, 0.5) is 30.2 Å². The highest BCUT2D eigenvalue weighted by molar-refractivity contribution is 7.89. The van der Waals surface area contributed by atoms with E-state index in [2.05, 4.69) is 10.6 Å². The number of sulfonamides is 1. The summed E-state index contributed by atoms with van der Waals surface area (Å²) in [5.74, 6) is -0.671. The number of carbonyl (C=O) groups excluding carboxylic acids is 1. The molecule has 172 valence electrons. The van der Waals surface area contributed by atoms with Crippen LogP contribution in [0.1, 0.15) is 18.4 Å². The second-order valence-electron chi connectivity index (χ2n) is 7.03. The first-order chi connectivity index (χ1) is 15.0. The second kappa shape index (κ2) is 9.12. The van der Waals surface area contributed by atoms with Gasteiger partial charge in [0.25, 0.3) is 5.69 Å². The van der Waals surface area contributed by atoms with Gasteiger partial charge in [0.15, 0.2) is 0 Å². The van der Waals surface area contributed by atoms with Gasteiger partial charge in [-0.15, -0.1) is 0 Å². The van der Waals surface area contributed by atoms with E-state index in [9.17, 15) is 36.5 Å². The van der Waals surface area contributed by atoms with Crippen molar-refractivity contribution < 1.29 is 31.3 Å². The fourth-order valence-electron chi connectivity index (χ4n) is 3.20. The van der Waals surface area contributed by atoms with E-state index < -0.39 is 44.8 Å². The van der Waals surface area contributed by atoms with Gasteiger partial charge in [0.2, 0.25) is 15.9 Å². The van der Waals surface area contributed by atoms with Crippen molar-refractivity contribution in [3.63, 3.8) is 0 Å². The highest BCUT2D eigenvalue weighted by Gasteiger charge is 2.33. The van der Waals surface area contributed by atoms with Gasteiger partial charge in [-0.2, -0.15) is 17.5 Å². The SMILES string of the molecule is O=C(CNc1ccc(C(F)(F)F)cc1[N+](=O)[O-])Nc1cccc(S(=O)(=O)N2CCCC2)c1. The zero-order chi connectivity index (χ0) is 23.5. The summed E-state index contributed by atoms with van der Waals surface area (Å²) in [4.78, 5) is 22.4. The molecule has 0 unspecified atom stereocenters. The second-order valence-corrected chi connectivity index (χ2v) is 8.97. The fourth-order valence-corrected chi connectivity index (χ4v) is 4.76. The van der Waals surface area contributed by atoms with Crippen LogP contribution in [0, 0.1) is 10.1 Å². The van der Waals surface area contributed by atoms with Crippen molar-refractivity contribution in [1.82, 2.24) is 4.31 Å². The van der Waals surface area contributed by atoms with Gasteiger partial charge in [-0.3, -0.25) is 14.9 Å². The largest absolute Gasteiger partial charge is 0.416 e. The van der Waals surface area contributed by atoms with Gasteiger partial charge in [0.05, 0.1) is 21.9 Å². The van der Waals surface area contributed by atoms with Gasteiger partial charge in [0, 0.05) is 24.8 Å². The van der Waals surface area contributed by atoms with Crippen LogP contribution in [0.5, 0.6) is 0 Å². The third-order valence-corrected chi connectivity index (χ3v) is 6.68. The van der Waals surface area contributed by atoms with Crippen molar-refractivity contribution in [2.24, 2.45) is 0 Å². The van der Waals surface area contributed by atoms with Gasteiger partial charge >= 0.3 is 6.18 Å². The number of anilines is 2. The zero-order valence-corrected chi connectivity index (χ0v) is 17.4. The summed E-state index contributed by atoms with van der Waals surface area (Å²) < 4.78 is 65.0. The summed E-state index contributed by atoms with van der Waals surface area (Å²) in [5, 5.41) is 16.0. The molecule has 1 aliphatic rings. The summed E-state index contributed by atoms with van der Waals surface area (Å²) in [6.45, 7) is 0.360. The van der Waals surface area contributed by atoms with Gasteiger partial charge in [-0.25, -0.2) is 8.42 Å². The number of alkyl halides is 3. The summed E-state index contributed by atoms with van der Waals surface area (Å²) in [7, 11) is -3.68. The molecule has 1 heterocycles. The Morgan fingerprint density at radius 2 is 1.81 bits per heavy atom. The Morgan fingerprint density at radius 1 is 1.12 bits per heavy atom. The first-order valence-corrected chi connectivity index (χ1v) is 10.9. The molecule has 0 atom stereocenters. The van der Waals surface area contributed by atoms with Crippen LogP contribution in [0.25, 0.3) is 0 Å². The number of hydrogen-bond acceptors (Lipinski definition) is 6. The number of nitro benzene ring substituents is 1. The van der Waals surface area contributed by atoms with E-state index >= 15 is 0 Å². The molecular formula is C19H19F3N4O5S. The summed E-state index contributed by atoms with van der Waals surface area (Å²) in [5.41, 5.74) is -2.08. The van der Waals surface area contributed by atoms with E-state index in [1.807, 2.05) is 0 Å². The molecule has 1 fully saturated rings. The van der Waals surface area contributed by atoms with Crippen LogP contribution < -0.4 is 10.6 Å². The molecule has 1 aliphatic heterocycles. The molecule has 9 nitrogen and oxygen atoms in total. The van der Waals surface area contributed by atoms with Gasteiger partial charge in [-0.05, 0) is 43.2 Å². The lowest BCUT2D eigenvalue weighted by Gasteiger charge is -2.16. The van der Waals surface area contributed by atoms with E-state index in [4.69, 9.17) is 0 Å². The molecule has 1 amide bonds. The van der Waals surface area contributed by atoms with Crippen LogP contribution in [0.15, 0.2) is 47.4 Å². The molecule has 1 saturated heterocycles. The minimum absolute atomic E-state index is 0.0172. The maximum absolute atomic E-state index is 12.8. The topological polar surface area (TPSA) is 122 Å². The Kier molecular flexibility index (Phi) is 6.69. The lowest BCUT2D eigenvalue weighted by Crippen LogP contribution is -2.28. The molecular weight excluding hydrogens is 453 g/mol. The number of hydrogen-bond donors (Lipinski definition) is 2. The number of nitrogens with zero attached hydrogens (tertiary/aromatic N) is 2. The molecule has 0 aliphatic carbocycles. The molecule has 0 bridgehead atoms. The minimum Gasteiger partial charge on any atom is -0.371 e. The number of nitrogens with one attached hydrogen (secondary N) is 2.